The first-order chi connectivity index (χ1) is 16.4. The smallest absolute Gasteiger partial charge is 0.341 e. The second kappa shape index (κ2) is 10.9. The number of ether oxygens (including phenoxy) is 4. The molecule has 1 amide bonds. The van der Waals surface area contributed by atoms with Gasteiger partial charge in [0.2, 0.25) is 0 Å². The van der Waals surface area contributed by atoms with Crippen LogP contribution in [0.3, 0.4) is 0 Å². The zero-order valence-electron chi connectivity index (χ0n) is 19.2. The summed E-state index contributed by atoms with van der Waals surface area (Å²) < 4.78 is 20.6. The van der Waals surface area contributed by atoms with E-state index in [1.807, 2.05) is 13.0 Å². The second-order valence-corrected chi connectivity index (χ2v) is 8.32. The molecular weight excluding hydrogens is 460 g/mol. The Morgan fingerprint density at radius 1 is 1.21 bits per heavy atom. The van der Waals surface area contributed by atoms with Crippen molar-refractivity contribution in [3.8, 4) is 17.6 Å². The number of methoxy groups -OCH3 is 3. The van der Waals surface area contributed by atoms with Gasteiger partial charge in [-0.25, -0.2) is 4.79 Å². The van der Waals surface area contributed by atoms with Crippen LogP contribution in [0, 0.1) is 11.3 Å². The third-order valence-corrected chi connectivity index (χ3v) is 6.48. The van der Waals surface area contributed by atoms with Gasteiger partial charge >= 0.3 is 11.9 Å². The molecule has 1 atom stereocenters. The monoisotopic (exact) mass is 484 g/mol. The van der Waals surface area contributed by atoms with E-state index in [1.165, 1.54) is 38.7 Å². The maximum Gasteiger partial charge on any atom is 0.341 e. The lowest BCUT2D eigenvalue weighted by Gasteiger charge is -2.12. The Kier molecular flexibility index (Phi) is 7.91. The third-order valence-electron chi connectivity index (χ3n) is 5.30. The Morgan fingerprint density at radius 2 is 1.97 bits per heavy atom. The normalized spacial score (nSPS) is 14.6. The zero-order valence-corrected chi connectivity index (χ0v) is 20.0. The first-order valence-corrected chi connectivity index (χ1v) is 11.3. The van der Waals surface area contributed by atoms with Gasteiger partial charge in [0.25, 0.3) is 5.91 Å². The molecule has 1 heterocycles. The van der Waals surface area contributed by atoms with Gasteiger partial charge < -0.3 is 24.3 Å². The summed E-state index contributed by atoms with van der Waals surface area (Å²) in [6.45, 7) is 2.31. The summed E-state index contributed by atoms with van der Waals surface area (Å²) in [6.07, 6.45) is 2.48. The average Bonchev–Trinajstić information content (AvgIpc) is 3.41. The summed E-state index contributed by atoms with van der Waals surface area (Å²) >= 11 is 1.19. The number of hydrogen-bond donors (Lipinski definition) is 1. The molecule has 2 aromatic rings. The molecule has 1 aliphatic carbocycles. The number of hydrogen-bond acceptors (Lipinski definition) is 9. The molecule has 178 valence electrons. The van der Waals surface area contributed by atoms with E-state index in [4.69, 9.17) is 18.9 Å². The van der Waals surface area contributed by atoms with Crippen LogP contribution in [-0.2, 0) is 25.5 Å². The van der Waals surface area contributed by atoms with Gasteiger partial charge in [0, 0.05) is 4.88 Å². The van der Waals surface area contributed by atoms with Crippen molar-refractivity contribution in [2.45, 2.75) is 25.7 Å². The minimum absolute atomic E-state index is 0.115. The summed E-state index contributed by atoms with van der Waals surface area (Å²) in [5.41, 5.74) is 1.00. The molecule has 0 radical (unpaired) electrons. The van der Waals surface area contributed by atoms with Crippen LogP contribution in [0.1, 0.15) is 45.6 Å². The molecule has 0 spiro atoms. The van der Waals surface area contributed by atoms with Crippen LogP contribution in [0.15, 0.2) is 23.8 Å². The highest BCUT2D eigenvalue weighted by atomic mass is 32.1. The molecule has 0 bridgehead atoms. The number of nitrogens with zero attached hydrogens (tertiary/aromatic N) is 1. The molecule has 1 N–H and O–H groups in total. The molecular formula is C24H24N2O7S. The van der Waals surface area contributed by atoms with Gasteiger partial charge in [-0.3, -0.25) is 9.59 Å². The molecule has 3 rings (SSSR count). The minimum atomic E-state index is -0.699. The van der Waals surface area contributed by atoms with Crippen molar-refractivity contribution in [1.82, 2.24) is 0 Å². The number of rotatable bonds is 8. The van der Waals surface area contributed by atoms with Gasteiger partial charge in [0.15, 0.2) is 11.5 Å². The van der Waals surface area contributed by atoms with Crippen LogP contribution >= 0.6 is 11.3 Å². The number of carbonyl (C=O) groups is 3. The van der Waals surface area contributed by atoms with E-state index in [0.29, 0.717) is 42.1 Å². The first kappa shape index (κ1) is 24.8. The number of nitrogens with one attached hydrogen (secondary N) is 1. The van der Waals surface area contributed by atoms with Gasteiger partial charge in [0.05, 0.1) is 39.4 Å². The van der Waals surface area contributed by atoms with E-state index in [1.54, 1.807) is 18.2 Å². The van der Waals surface area contributed by atoms with Crippen LogP contribution in [0.5, 0.6) is 11.5 Å². The van der Waals surface area contributed by atoms with Crippen molar-refractivity contribution in [1.29, 1.82) is 5.26 Å². The molecule has 10 heteroatoms. The van der Waals surface area contributed by atoms with Crippen LogP contribution in [0.25, 0.3) is 6.08 Å². The van der Waals surface area contributed by atoms with E-state index in [-0.39, 0.29) is 16.1 Å². The summed E-state index contributed by atoms with van der Waals surface area (Å²) in [5, 5.41) is 12.5. The Bertz CT molecular complexity index is 1190. The van der Waals surface area contributed by atoms with Crippen molar-refractivity contribution in [3.63, 3.8) is 0 Å². The number of esters is 2. The minimum Gasteiger partial charge on any atom is -0.493 e. The predicted molar refractivity (Wildman–Crippen MR) is 125 cm³/mol. The molecule has 1 aromatic carbocycles. The largest absolute Gasteiger partial charge is 0.493 e. The number of benzene rings is 1. The van der Waals surface area contributed by atoms with Crippen molar-refractivity contribution in [2.75, 3.05) is 33.3 Å². The van der Waals surface area contributed by atoms with Crippen molar-refractivity contribution in [3.05, 3.63) is 45.3 Å². The topological polar surface area (TPSA) is 124 Å². The molecule has 1 aromatic heterocycles. The number of thiophene rings is 1. The maximum absolute atomic E-state index is 12.9. The SMILES string of the molecule is CCOc1ccc(/C=C(\C#N)C(=O)Nc2sc3c(c2C(=O)OC)[C@H](C(=O)OC)CC3)cc1OC. The van der Waals surface area contributed by atoms with Gasteiger partial charge in [-0.2, -0.15) is 5.26 Å². The first-order valence-electron chi connectivity index (χ1n) is 10.4. The summed E-state index contributed by atoms with van der Waals surface area (Å²) in [4.78, 5) is 38.5. The average molecular weight is 485 g/mol. The molecule has 9 nitrogen and oxygen atoms in total. The molecule has 34 heavy (non-hydrogen) atoms. The van der Waals surface area contributed by atoms with E-state index in [2.05, 4.69) is 5.32 Å². The van der Waals surface area contributed by atoms with E-state index in [9.17, 15) is 19.6 Å². The van der Waals surface area contributed by atoms with Crippen LogP contribution < -0.4 is 14.8 Å². The Balaban J connectivity index is 1.94. The van der Waals surface area contributed by atoms with Gasteiger partial charge in [-0.05, 0) is 49.1 Å². The highest BCUT2D eigenvalue weighted by Crippen LogP contribution is 2.46. The van der Waals surface area contributed by atoms with Crippen LogP contribution in [0.2, 0.25) is 0 Å². The number of carbonyl (C=O) groups excluding carboxylic acids is 3. The van der Waals surface area contributed by atoms with E-state index in [0.717, 1.165) is 4.88 Å². The van der Waals surface area contributed by atoms with E-state index >= 15 is 0 Å². The summed E-state index contributed by atoms with van der Waals surface area (Å²) in [7, 11) is 4.00. The number of amides is 1. The van der Waals surface area contributed by atoms with Crippen LogP contribution in [0.4, 0.5) is 5.00 Å². The number of anilines is 1. The van der Waals surface area contributed by atoms with Crippen molar-refractivity contribution < 1.29 is 33.3 Å². The van der Waals surface area contributed by atoms with Crippen molar-refractivity contribution >= 4 is 40.3 Å². The second-order valence-electron chi connectivity index (χ2n) is 7.22. The Labute approximate surface area is 200 Å². The maximum atomic E-state index is 12.9. The Hall–Kier alpha value is -3.84. The Morgan fingerprint density at radius 3 is 2.59 bits per heavy atom. The number of nitriles is 1. The fourth-order valence-electron chi connectivity index (χ4n) is 3.77. The molecule has 0 unspecified atom stereocenters. The highest BCUT2D eigenvalue weighted by Gasteiger charge is 2.38. The van der Waals surface area contributed by atoms with Crippen LogP contribution in [-0.4, -0.2) is 45.8 Å². The highest BCUT2D eigenvalue weighted by molar-refractivity contribution is 7.17. The van der Waals surface area contributed by atoms with Gasteiger partial charge in [0.1, 0.15) is 16.6 Å². The predicted octanol–water partition coefficient (Wildman–Crippen LogP) is 3.69. The number of aryl methyl sites for hydroxylation is 1. The quantitative estimate of drug-likeness (QED) is 0.342. The molecule has 1 aliphatic rings. The van der Waals surface area contributed by atoms with E-state index < -0.39 is 23.8 Å². The lowest BCUT2D eigenvalue weighted by atomic mass is 9.99. The molecule has 0 fully saturated rings. The molecule has 0 saturated heterocycles. The van der Waals surface area contributed by atoms with Gasteiger partial charge in [-0.1, -0.05) is 6.07 Å². The standard InChI is InChI=1S/C24H24N2O7S/c1-5-33-16-8-6-13(11-17(16)30-2)10-14(12-25)21(27)26-22-20(24(29)32-4)19-15(23(28)31-3)7-9-18(19)34-22/h6,8,10-11,15H,5,7,9H2,1-4H3,(H,26,27)/b14-10+/t15-/m1/s1. The summed E-state index contributed by atoms with van der Waals surface area (Å²) in [6, 6.07) is 6.92. The fourth-order valence-corrected chi connectivity index (χ4v) is 5.03. The summed E-state index contributed by atoms with van der Waals surface area (Å²) in [5.74, 6) is -1.44. The fraction of sp³-hybridized carbons (Fsp3) is 0.333. The zero-order chi connectivity index (χ0) is 24.8. The van der Waals surface area contributed by atoms with Gasteiger partial charge in [-0.15, -0.1) is 11.3 Å². The number of fused-ring (bicyclic) bond motifs is 1. The molecule has 0 saturated carbocycles. The molecule has 0 aliphatic heterocycles. The lowest BCUT2D eigenvalue weighted by Crippen LogP contribution is -2.18. The lowest BCUT2D eigenvalue weighted by molar-refractivity contribution is -0.142. The third kappa shape index (κ3) is 4.89. The van der Waals surface area contributed by atoms with Crippen molar-refractivity contribution in [2.24, 2.45) is 0 Å².